The van der Waals surface area contributed by atoms with Gasteiger partial charge in [-0.1, -0.05) is 36.4 Å². The molecule has 1 aromatic heterocycles. The molecule has 0 amide bonds. The van der Waals surface area contributed by atoms with Crippen molar-refractivity contribution in [2.45, 2.75) is 6.42 Å². The quantitative estimate of drug-likeness (QED) is 0.276. The van der Waals surface area contributed by atoms with Crippen molar-refractivity contribution in [1.82, 2.24) is 0 Å². The maximum atomic E-state index is 10.9. The minimum Gasteiger partial charge on any atom is -0.423 e. The molecule has 5 nitrogen and oxygen atoms in total. The second-order valence-corrected chi connectivity index (χ2v) is 4.89. The van der Waals surface area contributed by atoms with Crippen LogP contribution in [-0.4, -0.2) is 11.8 Å². The Bertz CT molecular complexity index is 904. The lowest BCUT2D eigenvalue weighted by molar-refractivity contribution is -0.147. The van der Waals surface area contributed by atoms with Crippen LogP contribution in [0.5, 0.6) is 5.75 Å². The van der Waals surface area contributed by atoms with Crippen molar-refractivity contribution in [3.63, 3.8) is 0 Å². The zero-order chi connectivity index (χ0) is 16.2. The molecule has 5 heteroatoms. The van der Waals surface area contributed by atoms with E-state index in [1.807, 2.05) is 24.3 Å². The van der Waals surface area contributed by atoms with Crippen LogP contribution >= 0.6 is 0 Å². The van der Waals surface area contributed by atoms with Crippen LogP contribution in [0.4, 0.5) is 0 Å². The minimum atomic E-state index is -0.756. The van der Waals surface area contributed by atoms with Crippen LogP contribution in [0.3, 0.4) is 0 Å². The van der Waals surface area contributed by atoms with Gasteiger partial charge in [0.2, 0.25) is 5.78 Å². The zero-order valence-corrected chi connectivity index (χ0v) is 12.0. The summed E-state index contributed by atoms with van der Waals surface area (Å²) in [5, 5.41) is 0.951. The number of benzene rings is 2. The molecule has 2 aromatic carbocycles. The Balaban J connectivity index is 0.000000136. The molecule has 0 aliphatic carbocycles. The number of rotatable bonds is 0. The Hall–Kier alpha value is -3.21. The van der Waals surface area contributed by atoms with Gasteiger partial charge in [0.25, 0.3) is 0 Å². The highest BCUT2D eigenvalue weighted by Crippen LogP contribution is 2.22. The van der Waals surface area contributed by atoms with Crippen molar-refractivity contribution in [3.8, 4) is 5.75 Å². The first kappa shape index (κ1) is 14.7. The maximum Gasteiger partial charge on any atom is 0.380 e. The smallest absolute Gasteiger partial charge is 0.380 e. The number of carbonyl (C=O) groups excluding carboxylic acids is 2. The first-order valence-electron chi connectivity index (χ1n) is 6.95. The lowest BCUT2D eigenvalue weighted by atomic mass is 10.1. The summed E-state index contributed by atoms with van der Waals surface area (Å²) in [6, 6.07) is 17.6. The van der Waals surface area contributed by atoms with Crippen molar-refractivity contribution < 1.29 is 18.7 Å². The van der Waals surface area contributed by atoms with Gasteiger partial charge in [0, 0.05) is 23.4 Å². The Labute approximate surface area is 131 Å². The monoisotopic (exact) mass is 308 g/mol. The van der Waals surface area contributed by atoms with E-state index >= 15 is 0 Å². The van der Waals surface area contributed by atoms with Gasteiger partial charge in [0.05, 0.1) is 0 Å². The molecule has 1 aliphatic heterocycles. The Kier molecular flexibility index (Phi) is 4.01. The van der Waals surface area contributed by atoms with Crippen molar-refractivity contribution in [2.75, 3.05) is 0 Å². The average Bonchev–Trinajstić information content (AvgIpc) is 2.56. The number of hydrogen-bond acceptors (Lipinski definition) is 5. The Morgan fingerprint density at radius 1 is 0.783 bits per heavy atom. The fourth-order valence-electron chi connectivity index (χ4n) is 2.16. The molecule has 0 N–H and O–H groups in total. The van der Waals surface area contributed by atoms with E-state index in [1.54, 1.807) is 30.3 Å². The number of hydrogen-bond donors (Lipinski definition) is 0. The topological polar surface area (TPSA) is 73.6 Å². The average molecular weight is 308 g/mol. The summed E-state index contributed by atoms with van der Waals surface area (Å²) >= 11 is 0. The van der Waals surface area contributed by atoms with Gasteiger partial charge in [0.1, 0.15) is 11.3 Å². The first-order valence-corrected chi connectivity index (χ1v) is 6.95. The summed E-state index contributed by atoms with van der Waals surface area (Å²) in [4.78, 5) is 32.4. The SMILES string of the molecule is O=C1Cc2ccccc2OC1=O.O=c1ccc2ccccc2o1. The second-order valence-electron chi connectivity index (χ2n) is 4.89. The molecule has 3 aromatic rings. The Morgan fingerprint density at radius 3 is 2.39 bits per heavy atom. The molecule has 0 radical (unpaired) electrons. The maximum absolute atomic E-state index is 10.9. The molecule has 4 rings (SSSR count). The van der Waals surface area contributed by atoms with Gasteiger partial charge in [-0.3, -0.25) is 4.79 Å². The van der Waals surface area contributed by atoms with Gasteiger partial charge >= 0.3 is 11.6 Å². The summed E-state index contributed by atoms with van der Waals surface area (Å²) in [5.74, 6) is -0.732. The predicted molar refractivity (Wildman–Crippen MR) is 83.3 cm³/mol. The lowest BCUT2D eigenvalue weighted by Gasteiger charge is -2.12. The van der Waals surface area contributed by atoms with Gasteiger partial charge < -0.3 is 9.15 Å². The summed E-state index contributed by atoms with van der Waals surface area (Å²) in [6.45, 7) is 0. The van der Waals surface area contributed by atoms with E-state index in [0.717, 1.165) is 10.9 Å². The highest BCUT2D eigenvalue weighted by molar-refractivity contribution is 6.35. The predicted octanol–water partition coefficient (Wildman–Crippen LogP) is 2.51. The Morgan fingerprint density at radius 2 is 1.52 bits per heavy atom. The molecule has 0 unspecified atom stereocenters. The second kappa shape index (κ2) is 6.27. The molecule has 23 heavy (non-hydrogen) atoms. The van der Waals surface area contributed by atoms with Gasteiger partial charge in [-0.2, -0.15) is 0 Å². The molecule has 0 fully saturated rings. The molecule has 0 spiro atoms. The van der Waals surface area contributed by atoms with Gasteiger partial charge in [-0.05, 0) is 18.2 Å². The van der Waals surface area contributed by atoms with Crippen LogP contribution in [-0.2, 0) is 16.0 Å². The summed E-state index contributed by atoms with van der Waals surface area (Å²) in [5.41, 5.74) is 1.12. The summed E-state index contributed by atoms with van der Waals surface area (Å²) in [6.07, 6.45) is 0.162. The van der Waals surface area contributed by atoms with E-state index in [2.05, 4.69) is 0 Å². The van der Waals surface area contributed by atoms with Crippen molar-refractivity contribution in [3.05, 3.63) is 76.6 Å². The van der Waals surface area contributed by atoms with E-state index in [0.29, 0.717) is 11.3 Å². The molecule has 0 atom stereocenters. The van der Waals surface area contributed by atoms with E-state index in [9.17, 15) is 14.4 Å². The zero-order valence-electron chi connectivity index (χ0n) is 12.0. The normalized spacial score (nSPS) is 12.9. The number of ketones is 1. The third-order valence-corrected chi connectivity index (χ3v) is 3.28. The van der Waals surface area contributed by atoms with Crippen LogP contribution in [0.25, 0.3) is 11.0 Å². The minimum absolute atomic E-state index is 0.162. The van der Waals surface area contributed by atoms with Crippen LogP contribution in [0.2, 0.25) is 0 Å². The fourth-order valence-corrected chi connectivity index (χ4v) is 2.16. The molecule has 1 aliphatic rings. The van der Waals surface area contributed by atoms with E-state index in [1.165, 1.54) is 6.07 Å². The summed E-state index contributed by atoms with van der Waals surface area (Å²) < 4.78 is 9.66. The molecule has 0 bridgehead atoms. The number of para-hydroxylation sites is 2. The van der Waals surface area contributed by atoms with Crippen molar-refractivity contribution >= 4 is 22.7 Å². The highest BCUT2D eigenvalue weighted by atomic mass is 16.5. The van der Waals surface area contributed by atoms with E-state index in [-0.39, 0.29) is 12.0 Å². The number of carbonyl (C=O) groups is 2. The third kappa shape index (κ3) is 3.35. The molecular formula is C18H12O5. The van der Waals surface area contributed by atoms with E-state index in [4.69, 9.17) is 9.15 Å². The standard InChI is InChI=1S/C9H6O3.C9H6O2/c10-7-5-6-3-1-2-4-8(6)12-9(7)11;10-9-6-5-7-3-1-2-4-8(7)11-9/h1-4H,5H2;1-6H. The van der Waals surface area contributed by atoms with Crippen LogP contribution in [0.15, 0.2) is 69.9 Å². The first-order chi connectivity index (χ1) is 11.1. The molecule has 0 saturated carbocycles. The van der Waals surface area contributed by atoms with Crippen LogP contribution in [0.1, 0.15) is 5.56 Å². The molecule has 0 saturated heterocycles. The number of Topliss-reactive ketones (excluding diaryl/α,β-unsaturated/α-hetero) is 1. The number of esters is 1. The third-order valence-electron chi connectivity index (χ3n) is 3.28. The van der Waals surface area contributed by atoms with Gasteiger partial charge in [-0.15, -0.1) is 0 Å². The molecule has 2 heterocycles. The van der Waals surface area contributed by atoms with Crippen LogP contribution < -0.4 is 10.4 Å². The lowest BCUT2D eigenvalue weighted by Crippen LogP contribution is -2.27. The van der Waals surface area contributed by atoms with Crippen molar-refractivity contribution in [1.29, 1.82) is 0 Å². The largest absolute Gasteiger partial charge is 0.423 e. The molecular weight excluding hydrogens is 296 g/mol. The van der Waals surface area contributed by atoms with Crippen LogP contribution in [0, 0.1) is 0 Å². The number of fused-ring (bicyclic) bond motifs is 2. The van der Waals surface area contributed by atoms with E-state index < -0.39 is 11.8 Å². The number of ether oxygens (including phenoxy) is 1. The molecule has 114 valence electrons. The highest BCUT2D eigenvalue weighted by Gasteiger charge is 2.24. The summed E-state index contributed by atoms with van der Waals surface area (Å²) in [7, 11) is 0. The fraction of sp³-hybridized carbons (Fsp3) is 0.0556. The van der Waals surface area contributed by atoms with Crippen molar-refractivity contribution in [2.24, 2.45) is 0 Å². The van der Waals surface area contributed by atoms with Gasteiger partial charge in [-0.25, -0.2) is 9.59 Å². The van der Waals surface area contributed by atoms with Gasteiger partial charge in [0.15, 0.2) is 0 Å².